The minimum atomic E-state index is -0.905. The van der Waals surface area contributed by atoms with Crippen molar-refractivity contribution in [3.05, 3.63) is 63.4 Å². The van der Waals surface area contributed by atoms with E-state index in [2.05, 4.69) is 5.32 Å². The fourth-order valence-corrected chi connectivity index (χ4v) is 2.45. The molecule has 110 valence electrons. The molecule has 0 spiro atoms. The number of carbonyl (C=O) groups excluding carboxylic acids is 1. The monoisotopic (exact) mass is 326 g/mol. The maximum absolute atomic E-state index is 13.4. The molecule has 0 aliphatic heterocycles. The molecule has 1 unspecified atom stereocenters. The summed E-state index contributed by atoms with van der Waals surface area (Å²) in [6, 6.07) is 8.38. The Morgan fingerprint density at radius 2 is 2.00 bits per heavy atom. The summed E-state index contributed by atoms with van der Waals surface area (Å²) in [6.07, 6.45) is 0. The highest BCUT2D eigenvalue weighted by Gasteiger charge is 2.21. The van der Waals surface area contributed by atoms with Crippen LogP contribution in [0.1, 0.15) is 17.2 Å². The van der Waals surface area contributed by atoms with Gasteiger partial charge in [-0.2, -0.15) is 0 Å². The molecule has 0 bridgehead atoms. The smallest absolute Gasteiger partial charge is 0.244 e. The number of carbonyl (C=O) groups is 1. The highest BCUT2D eigenvalue weighted by Crippen LogP contribution is 2.32. The van der Waals surface area contributed by atoms with E-state index >= 15 is 0 Å². The Bertz CT molecular complexity index is 671. The van der Waals surface area contributed by atoms with Crippen LogP contribution in [-0.4, -0.2) is 5.91 Å². The van der Waals surface area contributed by atoms with Crippen LogP contribution in [0.15, 0.2) is 36.4 Å². The van der Waals surface area contributed by atoms with Gasteiger partial charge in [0.1, 0.15) is 11.9 Å². The molecule has 2 aromatic rings. The summed E-state index contributed by atoms with van der Waals surface area (Å²) < 4.78 is 13.4. The number of primary amides is 1. The summed E-state index contributed by atoms with van der Waals surface area (Å²) in [5.41, 5.74) is 7.02. The Kier molecular flexibility index (Phi) is 4.70. The van der Waals surface area contributed by atoms with Crippen LogP contribution < -0.4 is 11.1 Å². The second-order valence-corrected chi connectivity index (χ2v) is 5.43. The second-order valence-electron chi connectivity index (χ2n) is 4.64. The Labute approximate surface area is 131 Å². The molecular weight excluding hydrogens is 314 g/mol. The molecule has 0 heterocycles. The molecule has 3 nitrogen and oxygen atoms in total. The van der Waals surface area contributed by atoms with Gasteiger partial charge >= 0.3 is 0 Å². The van der Waals surface area contributed by atoms with Crippen LogP contribution in [-0.2, 0) is 4.79 Å². The van der Waals surface area contributed by atoms with E-state index in [1.54, 1.807) is 31.2 Å². The average Bonchev–Trinajstić information content (AvgIpc) is 2.38. The van der Waals surface area contributed by atoms with E-state index in [0.717, 1.165) is 5.56 Å². The Morgan fingerprint density at radius 1 is 1.29 bits per heavy atom. The van der Waals surface area contributed by atoms with Crippen molar-refractivity contribution in [1.82, 2.24) is 0 Å². The van der Waals surface area contributed by atoms with Gasteiger partial charge in [-0.05, 0) is 36.8 Å². The number of aryl methyl sites for hydroxylation is 1. The summed E-state index contributed by atoms with van der Waals surface area (Å²) in [6.45, 7) is 1.75. The first-order valence-corrected chi connectivity index (χ1v) is 6.91. The summed E-state index contributed by atoms with van der Waals surface area (Å²) in [5, 5.41) is 3.44. The topological polar surface area (TPSA) is 55.1 Å². The van der Waals surface area contributed by atoms with Crippen LogP contribution in [0.25, 0.3) is 0 Å². The van der Waals surface area contributed by atoms with Crippen LogP contribution >= 0.6 is 23.2 Å². The third-order valence-corrected chi connectivity index (χ3v) is 3.76. The zero-order valence-electron chi connectivity index (χ0n) is 11.2. The first-order chi connectivity index (χ1) is 9.88. The van der Waals surface area contributed by atoms with Crippen molar-refractivity contribution >= 4 is 34.8 Å². The lowest BCUT2D eigenvalue weighted by Gasteiger charge is -2.19. The zero-order chi connectivity index (χ0) is 15.6. The van der Waals surface area contributed by atoms with Gasteiger partial charge < -0.3 is 11.1 Å². The lowest BCUT2D eigenvalue weighted by atomic mass is 10.1. The van der Waals surface area contributed by atoms with E-state index in [0.29, 0.717) is 16.3 Å². The number of hydrogen-bond acceptors (Lipinski definition) is 2. The van der Waals surface area contributed by atoms with Crippen molar-refractivity contribution in [3.8, 4) is 0 Å². The van der Waals surface area contributed by atoms with E-state index in [-0.39, 0.29) is 5.02 Å². The van der Waals surface area contributed by atoms with Gasteiger partial charge in [-0.3, -0.25) is 4.79 Å². The van der Waals surface area contributed by atoms with E-state index in [1.165, 1.54) is 12.1 Å². The number of anilines is 1. The molecule has 0 radical (unpaired) electrons. The maximum Gasteiger partial charge on any atom is 0.244 e. The number of benzene rings is 2. The van der Waals surface area contributed by atoms with Gasteiger partial charge in [-0.25, -0.2) is 4.39 Å². The predicted molar refractivity (Wildman–Crippen MR) is 83.2 cm³/mol. The molecule has 2 rings (SSSR count). The molecule has 0 fully saturated rings. The SMILES string of the molecule is Cc1cc(F)cc(NC(C(N)=O)c2cccc(Cl)c2Cl)c1. The van der Waals surface area contributed by atoms with E-state index in [4.69, 9.17) is 28.9 Å². The summed E-state index contributed by atoms with van der Waals surface area (Å²) in [4.78, 5) is 11.7. The van der Waals surface area contributed by atoms with Crippen LogP contribution in [0.3, 0.4) is 0 Å². The molecule has 0 saturated carbocycles. The van der Waals surface area contributed by atoms with Gasteiger partial charge in [0.15, 0.2) is 0 Å². The van der Waals surface area contributed by atoms with Crippen molar-refractivity contribution < 1.29 is 9.18 Å². The quantitative estimate of drug-likeness (QED) is 0.889. The van der Waals surface area contributed by atoms with Crippen LogP contribution in [0.5, 0.6) is 0 Å². The van der Waals surface area contributed by atoms with Crippen molar-refractivity contribution in [1.29, 1.82) is 0 Å². The summed E-state index contributed by atoms with van der Waals surface area (Å²) in [5.74, 6) is -1.04. The molecule has 6 heteroatoms. The third-order valence-electron chi connectivity index (χ3n) is 2.93. The van der Waals surface area contributed by atoms with Crippen molar-refractivity contribution in [3.63, 3.8) is 0 Å². The number of nitrogens with one attached hydrogen (secondary N) is 1. The normalized spacial score (nSPS) is 12.0. The third kappa shape index (κ3) is 3.65. The predicted octanol–water partition coefficient (Wildman–Crippen LogP) is 4.08. The Balaban J connectivity index is 2.40. The highest BCUT2D eigenvalue weighted by molar-refractivity contribution is 6.42. The number of halogens is 3. The van der Waals surface area contributed by atoms with Gasteiger partial charge in [-0.15, -0.1) is 0 Å². The first kappa shape index (κ1) is 15.6. The maximum atomic E-state index is 13.4. The van der Waals surface area contributed by atoms with Gasteiger partial charge in [-0.1, -0.05) is 35.3 Å². The molecule has 3 N–H and O–H groups in total. The fourth-order valence-electron chi connectivity index (χ4n) is 2.03. The number of amides is 1. The Hall–Kier alpha value is -1.78. The molecule has 0 aliphatic rings. The van der Waals surface area contributed by atoms with E-state index in [9.17, 15) is 9.18 Å². The molecule has 1 amide bonds. The highest BCUT2D eigenvalue weighted by atomic mass is 35.5. The minimum absolute atomic E-state index is 0.239. The summed E-state index contributed by atoms with van der Waals surface area (Å²) in [7, 11) is 0. The minimum Gasteiger partial charge on any atom is -0.370 e. The number of nitrogens with two attached hydrogens (primary N) is 1. The molecule has 0 aliphatic carbocycles. The lowest BCUT2D eigenvalue weighted by Crippen LogP contribution is -2.28. The second kappa shape index (κ2) is 6.33. The Morgan fingerprint density at radius 3 is 2.62 bits per heavy atom. The van der Waals surface area contributed by atoms with Crippen molar-refractivity contribution in [2.75, 3.05) is 5.32 Å². The summed E-state index contributed by atoms with van der Waals surface area (Å²) >= 11 is 12.1. The molecule has 0 saturated heterocycles. The largest absolute Gasteiger partial charge is 0.370 e. The van der Waals surface area contributed by atoms with Crippen molar-refractivity contribution in [2.24, 2.45) is 5.73 Å². The molecule has 2 aromatic carbocycles. The molecular formula is C15H13Cl2FN2O. The van der Waals surface area contributed by atoms with Crippen LogP contribution in [0, 0.1) is 12.7 Å². The fraction of sp³-hybridized carbons (Fsp3) is 0.133. The average molecular weight is 327 g/mol. The van der Waals surface area contributed by atoms with Crippen LogP contribution in [0.2, 0.25) is 10.0 Å². The molecule has 1 atom stereocenters. The number of rotatable bonds is 4. The molecule has 21 heavy (non-hydrogen) atoms. The van der Waals surface area contributed by atoms with Crippen LogP contribution in [0.4, 0.5) is 10.1 Å². The van der Waals surface area contributed by atoms with Gasteiger partial charge in [0.05, 0.1) is 10.0 Å². The lowest BCUT2D eigenvalue weighted by molar-refractivity contribution is -0.118. The first-order valence-electron chi connectivity index (χ1n) is 6.15. The number of hydrogen-bond donors (Lipinski definition) is 2. The standard InChI is InChI=1S/C15H13Cl2FN2O/c1-8-5-9(18)7-10(6-8)20-14(15(19)21)11-3-2-4-12(16)13(11)17/h2-7,14,20H,1H3,(H2,19,21). The van der Waals surface area contributed by atoms with Crippen molar-refractivity contribution in [2.45, 2.75) is 13.0 Å². The van der Waals surface area contributed by atoms with E-state index < -0.39 is 17.8 Å². The van der Waals surface area contributed by atoms with Gasteiger partial charge in [0.2, 0.25) is 5.91 Å². The molecule has 0 aromatic heterocycles. The van der Waals surface area contributed by atoms with E-state index in [1.807, 2.05) is 0 Å². The van der Waals surface area contributed by atoms with Gasteiger partial charge in [0, 0.05) is 11.3 Å². The zero-order valence-corrected chi connectivity index (χ0v) is 12.7. The van der Waals surface area contributed by atoms with Gasteiger partial charge in [0.25, 0.3) is 0 Å².